The number of furan rings is 1. The molecule has 0 atom stereocenters. The number of hydrazine groups is 1. The molecule has 0 aliphatic heterocycles. The molecular formula is C18H14ClFN2O3. The van der Waals surface area contributed by atoms with Crippen LogP contribution < -0.4 is 10.9 Å². The van der Waals surface area contributed by atoms with Crippen molar-refractivity contribution in [3.05, 3.63) is 70.2 Å². The zero-order chi connectivity index (χ0) is 18.0. The van der Waals surface area contributed by atoms with E-state index < -0.39 is 17.6 Å². The number of carbonyl (C=O) groups is 2. The molecule has 2 amide bonds. The molecule has 2 aromatic carbocycles. The number of carbonyl (C=O) groups excluding carboxylic acids is 2. The zero-order valence-electron chi connectivity index (χ0n) is 13.2. The maximum Gasteiger partial charge on any atom is 0.269 e. The van der Waals surface area contributed by atoms with E-state index in [9.17, 15) is 14.0 Å². The highest BCUT2D eigenvalue weighted by molar-refractivity contribution is 6.32. The van der Waals surface area contributed by atoms with Gasteiger partial charge in [0.05, 0.1) is 12.7 Å². The third kappa shape index (κ3) is 3.80. The topological polar surface area (TPSA) is 71.3 Å². The van der Waals surface area contributed by atoms with Gasteiger partial charge in [0.15, 0.2) is 0 Å². The summed E-state index contributed by atoms with van der Waals surface area (Å²) in [5.41, 5.74) is 7.01. The van der Waals surface area contributed by atoms with Gasteiger partial charge in [0.25, 0.3) is 5.91 Å². The van der Waals surface area contributed by atoms with E-state index in [0.29, 0.717) is 16.2 Å². The molecule has 0 aliphatic carbocycles. The molecule has 0 fully saturated rings. The second kappa shape index (κ2) is 6.94. The highest BCUT2D eigenvalue weighted by atomic mass is 35.5. The van der Waals surface area contributed by atoms with Gasteiger partial charge in [0, 0.05) is 21.5 Å². The normalized spacial score (nSPS) is 10.7. The van der Waals surface area contributed by atoms with E-state index in [4.69, 9.17) is 16.0 Å². The molecule has 0 aliphatic rings. The summed E-state index contributed by atoms with van der Waals surface area (Å²) in [5.74, 6) is -1.40. The molecule has 1 aromatic heterocycles. The molecule has 5 nitrogen and oxygen atoms in total. The van der Waals surface area contributed by atoms with Crippen LogP contribution in [0.3, 0.4) is 0 Å². The lowest BCUT2D eigenvalue weighted by Gasteiger charge is -2.07. The largest absolute Gasteiger partial charge is 0.464 e. The Labute approximate surface area is 147 Å². The monoisotopic (exact) mass is 360 g/mol. The number of benzene rings is 2. The van der Waals surface area contributed by atoms with Gasteiger partial charge >= 0.3 is 0 Å². The van der Waals surface area contributed by atoms with Crippen LogP contribution in [0.15, 0.2) is 47.1 Å². The number of hydrogen-bond donors (Lipinski definition) is 2. The van der Waals surface area contributed by atoms with Gasteiger partial charge in [-0.3, -0.25) is 20.4 Å². The Balaban J connectivity index is 1.64. The molecule has 3 aromatic rings. The summed E-state index contributed by atoms with van der Waals surface area (Å²) in [4.78, 5) is 23.9. The number of nitrogens with one attached hydrogen (secondary N) is 2. The van der Waals surface area contributed by atoms with E-state index >= 15 is 0 Å². The molecule has 1 heterocycles. The van der Waals surface area contributed by atoms with Crippen molar-refractivity contribution in [2.24, 2.45) is 0 Å². The van der Waals surface area contributed by atoms with Crippen LogP contribution in [0.5, 0.6) is 0 Å². The van der Waals surface area contributed by atoms with E-state index in [1.54, 1.807) is 12.1 Å². The summed E-state index contributed by atoms with van der Waals surface area (Å²) < 4.78 is 18.3. The van der Waals surface area contributed by atoms with Crippen molar-refractivity contribution in [1.29, 1.82) is 0 Å². The van der Waals surface area contributed by atoms with Gasteiger partial charge in [-0.15, -0.1) is 0 Å². The lowest BCUT2D eigenvalue weighted by atomic mass is 10.1. The van der Waals surface area contributed by atoms with Crippen LogP contribution in [0.1, 0.15) is 21.5 Å². The van der Waals surface area contributed by atoms with E-state index in [-0.39, 0.29) is 12.0 Å². The second-order valence-electron chi connectivity index (χ2n) is 5.54. The number of aryl methyl sites for hydroxylation is 1. The second-order valence-corrected chi connectivity index (χ2v) is 5.95. The molecule has 2 N–H and O–H groups in total. The Morgan fingerprint density at radius 2 is 1.88 bits per heavy atom. The Hall–Kier alpha value is -2.86. The van der Waals surface area contributed by atoms with Crippen LogP contribution in [0, 0.1) is 12.7 Å². The van der Waals surface area contributed by atoms with Gasteiger partial charge in [-0.05, 0) is 48.9 Å². The van der Waals surface area contributed by atoms with E-state index in [1.165, 1.54) is 30.5 Å². The number of halogens is 2. The molecule has 0 unspecified atom stereocenters. The van der Waals surface area contributed by atoms with E-state index in [0.717, 1.165) is 10.9 Å². The molecule has 25 heavy (non-hydrogen) atoms. The van der Waals surface area contributed by atoms with Gasteiger partial charge < -0.3 is 4.42 Å². The highest BCUT2D eigenvalue weighted by Gasteiger charge is 2.13. The van der Waals surface area contributed by atoms with Crippen molar-refractivity contribution in [3.63, 3.8) is 0 Å². The molecule has 0 bridgehead atoms. The number of rotatable bonds is 3. The van der Waals surface area contributed by atoms with E-state index in [1.807, 2.05) is 6.92 Å². The molecule has 0 saturated heterocycles. The SMILES string of the molecule is Cc1cc2occ(CC(=O)NNC(=O)c3ccc(F)cc3)c2cc1Cl. The van der Waals surface area contributed by atoms with Gasteiger partial charge in [-0.1, -0.05) is 11.6 Å². The lowest BCUT2D eigenvalue weighted by molar-refractivity contribution is -0.121. The standard InChI is InChI=1S/C18H14ClFN2O3/c1-10-6-16-14(8-15(10)19)12(9-25-16)7-17(23)21-22-18(24)11-2-4-13(20)5-3-11/h2-6,8-9H,7H2,1H3,(H,21,23)(H,22,24). The summed E-state index contributed by atoms with van der Waals surface area (Å²) in [6, 6.07) is 8.53. The van der Waals surface area contributed by atoms with E-state index in [2.05, 4.69) is 10.9 Å². The predicted molar refractivity (Wildman–Crippen MR) is 91.7 cm³/mol. The van der Waals surface area contributed by atoms with Crippen molar-refractivity contribution < 1.29 is 18.4 Å². The molecule has 0 spiro atoms. The third-order valence-electron chi connectivity index (χ3n) is 3.71. The van der Waals surface area contributed by atoms with Crippen molar-refractivity contribution in [2.45, 2.75) is 13.3 Å². The van der Waals surface area contributed by atoms with Crippen LogP contribution in [0.4, 0.5) is 4.39 Å². The average Bonchev–Trinajstić information content (AvgIpc) is 2.95. The minimum Gasteiger partial charge on any atom is -0.464 e. The Morgan fingerprint density at radius 1 is 1.16 bits per heavy atom. The first-order chi connectivity index (χ1) is 11.9. The zero-order valence-corrected chi connectivity index (χ0v) is 14.0. The van der Waals surface area contributed by atoms with Crippen LogP contribution >= 0.6 is 11.6 Å². The molecule has 3 rings (SSSR count). The Bertz CT molecular complexity index is 951. The summed E-state index contributed by atoms with van der Waals surface area (Å²) >= 11 is 6.11. The molecular weight excluding hydrogens is 347 g/mol. The van der Waals surface area contributed by atoms with Crippen molar-refractivity contribution in [3.8, 4) is 0 Å². The van der Waals surface area contributed by atoms with Crippen molar-refractivity contribution in [2.75, 3.05) is 0 Å². The van der Waals surface area contributed by atoms with Crippen molar-refractivity contribution in [1.82, 2.24) is 10.9 Å². The maximum absolute atomic E-state index is 12.8. The molecule has 0 radical (unpaired) electrons. The van der Waals surface area contributed by atoms with Gasteiger partial charge in [0.1, 0.15) is 11.4 Å². The third-order valence-corrected chi connectivity index (χ3v) is 4.12. The molecule has 7 heteroatoms. The summed E-state index contributed by atoms with van der Waals surface area (Å²) in [6.07, 6.45) is 1.50. The first-order valence-corrected chi connectivity index (χ1v) is 7.83. The summed E-state index contributed by atoms with van der Waals surface area (Å²) in [7, 11) is 0. The minimum atomic E-state index is -0.538. The molecule has 0 saturated carbocycles. The van der Waals surface area contributed by atoms with Crippen LogP contribution in [0.2, 0.25) is 5.02 Å². The summed E-state index contributed by atoms with van der Waals surface area (Å²) in [5, 5.41) is 1.33. The lowest BCUT2D eigenvalue weighted by Crippen LogP contribution is -2.42. The van der Waals surface area contributed by atoms with Crippen LogP contribution in [-0.4, -0.2) is 11.8 Å². The van der Waals surface area contributed by atoms with Gasteiger partial charge in [0.2, 0.25) is 5.91 Å². The minimum absolute atomic E-state index is 0.0100. The Kier molecular flexibility index (Phi) is 4.72. The maximum atomic E-state index is 12.8. The number of amides is 2. The first kappa shape index (κ1) is 17.0. The highest BCUT2D eigenvalue weighted by Crippen LogP contribution is 2.27. The van der Waals surface area contributed by atoms with Crippen LogP contribution in [0.25, 0.3) is 11.0 Å². The van der Waals surface area contributed by atoms with Gasteiger partial charge in [-0.25, -0.2) is 4.39 Å². The number of hydrogen-bond acceptors (Lipinski definition) is 3. The van der Waals surface area contributed by atoms with Gasteiger partial charge in [-0.2, -0.15) is 0 Å². The van der Waals surface area contributed by atoms with Crippen molar-refractivity contribution >= 4 is 34.4 Å². The molecule has 128 valence electrons. The Morgan fingerprint density at radius 3 is 2.60 bits per heavy atom. The fourth-order valence-corrected chi connectivity index (χ4v) is 2.52. The average molecular weight is 361 g/mol. The number of fused-ring (bicyclic) bond motifs is 1. The fraction of sp³-hybridized carbons (Fsp3) is 0.111. The quantitative estimate of drug-likeness (QED) is 0.702. The smallest absolute Gasteiger partial charge is 0.269 e. The predicted octanol–water partition coefficient (Wildman–Crippen LogP) is 3.54. The first-order valence-electron chi connectivity index (χ1n) is 7.45. The van der Waals surface area contributed by atoms with Crippen LogP contribution in [-0.2, 0) is 11.2 Å². The fourth-order valence-electron chi connectivity index (χ4n) is 2.36. The summed E-state index contributed by atoms with van der Waals surface area (Å²) in [6.45, 7) is 1.86.